The SMILES string of the molecule is CCCc1cc(CCC)c(C(S)=C(S)c2ccccc2)c(CCC)c1. The van der Waals surface area contributed by atoms with Crippen molar-refractivity contribution in [1.82, 2.24) is 0 Å². The number of hydrogen-bond donors (Lipinski definition) is 2. The van der Waals surface area contributed by atoms with Gasteiger partial charge < -0.3 is 0 Å². The van der Waals surface area contributed by atoms with E-state index in [1.165, 1.54) is 28.7 Å². The maximum absolute atomic E-state index is 4.94. The Balaban J connectivity index is 2.64. The Labute approximate surface area is 164 Å². The molecule has 0 saturated carbocycles. The molecular weight excluding hydrogens is 340 g/mol. The van der Waals surface area contributed by atoms with Crippen molar-refractivity contribution in [2.45, 2.75) is 59.3 Å². The predicted octanol–water partition coefficient (Wildman–Crippen LogP) is 7.23. The first-order valence-corrected chi connectivity index (χ1v) is 10.3. The van der Waals surface area contributed by atoms with Crippen molar-refractivity contribution < 1.29 is 0 Å². The fourth-order valence-electron chi connectivity index (χ4n) is 3.36. The van der Waals surface area contributed by atoms with Crippen LogP contribution in [0.2, 0.25) is 0 Å². The Morgan fingerprint density at radius 1 is 0.720 bits per heavy atom. The highest BCUT2D eigenvalue weighted by molar-refractivity contribution is 7.96. The molecule has 0 saturated heterocycles. The van der Waals surface area contributed by atoms with Crippen LogP contribution < -0.4 is 0 Å². The number of benzene rings is 2. The van der Waals surface area contributed by atoms with Gasteiger partial charge in [-0.15, -0.1) is 25.3 Å². The molecule has 0 amide bonds. The molecule has 0 aliphatic heterocycles. The molecular formula is C23H30S2. The fraction of sp³-hybridized carbons (Fsp3) is 0.391. The van der Waals surface area contributed by atoms with Gasteiger partial charge in [-0.25, -0.2) is 0 Å². The monoisotopic (exact) mass is 370 g/mol. The summed E-state index contributed by atoms with van der Waals surface area (Å²) >= 11 is 9.77. The molecule has 25 heavy (non-hydrogen) atoms. The maximum atomic E-state index is 4.94. The van der Waals surface area contributed by atoms with Crippen LogP contribution in [0.1, 0.15) is 67.9 Å². The van der Waals surface area contributed by atoms with Gasteiger partial charge in [0.2, 0.25) is 0 Å². The van der Waals surface area contributed by atoms with E-state index >= 15 is 0 Å². The van der Waals surface area contributed by atoms with Crippen molar-refractivity contribution in [3.63, 3.8) is 0 Å². The zero-order chi connectivity index (χ0) is 18.2. The van der Waals surface area contributed by atoms with Crippen LogP contribution in [0.15, 0.2) is 42.5 Å². The van der Waals surface area contributed by atoms with Gasteiger partial charge >= 0.3 is 0 Å². The molecule has 0 atom stereocenters. The standard InChI is InChI=1S/C23H30S2/c1-4-10-17-15-19(11-5-2)21(20(16-17)12-6-3)23(25)22(24)18-13-8-7-9-14-18/h7-9,13-16,24-25H,4-6,10-12H2,1-3H3. The molecule has 0 aromatic heterocycles. The smallest absolute Gasteiger partial charge is 0.0258 e. The summed E-state index contributed by atoms with van der Waals surface area (Å²) in [5, 5.41) is 0. The van der Waals surface area contributed by atoms with Crippen molar-refractivity contribution in [2.24, 2.45) is 0 Å². The lowest BCUT2D eigenvalue weighted by Gasteiger charge is -2.19. The molecule has 0 unspecified atom stereocenters. The van der Waals surface area contributed by atoms with Gasteiger partial charge in [-0.2, -0.15) is 0 Å². The minimum atomic E-state index is 0.960. The average molecular weight is 371 g/mol. The maximum Gasteiger partial charge on any atom is 0.0258 e. The number of hydrogen-bond acceptors (Lipinski definition) is 2. The van der Waals surface area contributed by atoms with Crippen molar-refractivity contribution in [1.29, 1.82) is 0 Å². The first-order valence-electron chi connectivity index (χ1n) is 9.44. The first kappa shape index (κ1) is 20.2. The highest BCUT2D eigenvalue weighted by Crippen LogP contribution is 2.37. The van der Waals surface area contributed by atoms with E-state index in [9.17, 15) is 0 Å². The van der Waals surface area contributed by atoms with Crippen LogP contribution in [-0.2, 0) is 19.3 Å². The molecule has 0 nitrogen and oxygen atoms in total. The molecule has 0 heterocycles. The van der Waals surface area contributed by atoms with Crippen LogP contribution in [0.4, 0.5) is 0 Å². The van der Waals surface area contributed by atoms with E-state index in [0.29, 0.717) is 0 Å². The molecule has 0 aliphatic rings. The molecule has 0 radical (unpaired) electrons. The van der Waals surface area contributed by atoms with Crippen LogP contribution in [0.5, 0.6) is 0 Å². The second-order valence-corrected chi connectivity index (χ2v) is 7.50. The third-order valence-electron chi connectivity index (χ3n) is 4.45. The second-order valence-electron chi connectivity index (χ2n) is 6.60. The summed E-state index contributed by atoms with van der Waals surface area (Å²) in [4.78, 5) is 1.96. The summed E-state index contributed by atoms with van der Waals surface area (Å²) in [6.45, 7) is 6.74. The summed E-state index contributed by atoms with van der Waals surface area (Å²) in [6, 6.07) is 15.1. The number of aryl methyl sites for hydroxylation is 3. The normalized spacial score (nSPS) is 12.2. The Hall–Kier alpha value is -1.12. The summed E-state index contributed by atoms with van der Waals surface area (Å²) < 4.78 is 0. The van der Waals surface area contributed by atoms with Gasteiger partial charge in [-0.05, 0) is 47.1 Å². The Morgan fingerprint density at radius 3 is 1.72 bits per heavy atom. The summed E-state index contributed by atoms with van der Waals surface area (Å²) in [5.74, 6) is 0. The van der Waals surface area contributed by atoms with Gasteiger partial charge in [0, 0.05) is 9.81 Å². The van der Waals surface area contributed by atoms with Crippen molar-refractivity contribution in [3.05, 3.63) is 70.3 Å². The van der Waals surface area contributed by atoms with Gasteiger partial charge in [0.05, 0.1) is 0 Å². The molecule has 2 heteroatoms. The van der Waals surface area contributed by atoms with Crippen LogP contribution in [0.3, 0.4) is 0 Å². The van der Waals surface area contributed by atoms with Gasteiger partial charge in [-0.1, -0.05) is 82.5 Å². The zero-order valence-corrected chi connectivity index (χ0v) is 17.5. The summed E-state index contributed by atoms with van der Waals surface area (Å²) in [5.41, 5.74) is 6.73. The van der Waals surface area contributed by atoms with Crippen LogP contribution in [0.25, 0.3) is 9.81 Å². The number of thiol groups is 2. The molecule has 2 aromatic carbocycles. The lowest BCUT2D eigenvalue weighted by atomic mass is 9.90. The van der Waals surface area contributed by atoms with E-state index in [0.717, 1.165) is 47.5 Å². The van der Waals surface area contributed by atoms with Gasteiger partial charge in [0.15, 0.2) is 0 Å². The van der Waals surface area contributed by atoms with Crippen LogP contribution in [0, 0.1) is 0 Å². The van der Waals surface area contributed by atoms with E-state index in [1.54, 1.807) is 0 Å². The third-order valence-corrected chi connectivity index (χ3v) is 5.55. The minimum Gasteiger partial charge on any atom is -0.142 e. The number of rotatable bonds is 8. The lowest BCUT2D eigenvalue weighted by Crippen LogP contribution is -2.02. The minimum absolute atomic E-state index is 0.960. The highest BCUT2D eigenvalue weighted by atomic mass is 32.1. The molecule has 2 aromatic rings. The molecule has 0 spiro atoms. The quantitative estimate of drug-likeness (QED) is 0.355. The molecule has 0 N–H and O–H groups in total. The van der Waals surface area contributed by atoms with Crippen LogP contribution >= 0.6 is 25.3 Å². The topological polar surface area (TPSA) is 0 Å². The van der Waals surface area contributed by atoms with Crippen molar-refractivity contribution in [2.75, 3.05) is 0 Å². The van der Waals surface area contributed by atoms with E-state index in [-0.39, 0.29) is 0 Å². The first-order chi connectivity index (χ1) is 12.1. The summed E-state index contributed by atoms with van der Waals surface area (Å²) in [6.07, 6.45) is 6.78. The lowest BCUT2D eigenvalue weighted by molar-refractivity contribution is 0.867. The van der Waals surface area contributed by atoms with Crippen molar-refractivity contribution >= 4 is 35.1 Å². The van der Waals surface area contributed by atoms with E-state index in [1.807, 2.05) is 6.07 Å². The zero-order valence-electron chi connectivity index (χ0n) is 15.7. The van der Waals surface area contributed by atoms with Crippen molar-refractivity contribution in [3.8, 4) is 0 Å². The Kier molecular flexibility index (Phi) is 8.18. The third kappa shape index (κ3) is 5.18. The largest absolute Gasteiger partial charge is 0.142 e. The highest BCUT2D eigenvalue weighted by Gasteiger charge is 2.15. The second kappa shape index (κ2) is 10.1. The Bertz CT molecular complexity index is 687. The van der Waals surface area contributed by atoms with Gasteiger partial charge in [-0.3, -0.25) is 0 Å². The Morgan fingerprint density at radius 2 is 1.24 bits per heavy atom. The predicted molar refractivity (Wildman–Crippen MR) is 120 cm³/mol. The molecule has 134 valence electrons. The van der Waals surface area contributed by atoms with Gasteiger partial charge in [0.1, 0.15) is 0 Å². The average Bonchev–Trinajstić information content (AvgIpc) is 2.62. The molecule has 0 fully saturated rings. The molecule has 0 bridgehead atoms. The fourth-order valence-corrected chi connectivity index (χ4v) is 4.04. The molecule has 2 rings (SSSR count). The molecule has 0 aliphatic carbocycles. The van der Waals surface area contributed by atoms with Gasteiger partial charge in [0.25, 0.3) is 0 Å². The summed E-state index contributed by atoms with van der Waals surface area (Å²) in [7, 11) is 0. The van der Waals surface area contributed by atoms with E-state index < -0.39 is 0 Å². The van der Waals surface area contributed by atoms with Crippen LogP contribution in [-0.4, -0.2) is 0 Å². The van der Waals surface area contributed by atoms with E-state index in [4.69, 9.17) is 25.3 Å². The van der Waals surface area contributed by atoms with E-state index in [2.05, 4.69) is 57.2 Å².